The van der Waals surface area contributed by atoms with E-state index in [0.717, 1.165) is 44.7 Å². The SMILES string of the molecule is C=CCCCN(C)C(=NCCS(=O)(=O)NCC1CCC1)NCC. The Bertz CT molecular complexity index is 472. The summed E-state index contributed by atoms with van der Waals surface area (Å²) in [6.07, 6.45) is 7.37. The average molecular weight is 345 g/mol. The normalized spacial score (nSPS) is 16.0. The molecule has 0 heterocycles. The van der Waals surface area contributed by atoms with Crippen molar-refractivity contribution in [1.82, 2.24) is 14.9 Å². The second-order valence-corrected chi connectivity index (χ2v) is 7.98. The Hall–Kier alpha value is -1.08. The van der Waals surface area contributed by atoms with Gasteiger partial charge in [0, 0.05) is 26.7 Å². The molecule has 7 heteroatoms. The third-order valence-corrected chi connectivity index (χ3v) is 5.36. The van der Waals surface area contributed by atoms with E-state index < -0.39 is 10.0 Å². The third-order valence-electron chi connectivity index (χ3n) is 4.04. The highest BCUT2D eigenvalue weighted by Crippen LogP contribution is 2.25. The van der Waals surface area contributed by atoms with Crippen molar-refractivity contribution in [3.05, 3.63) is 12.7 Å². The van der Waals surface area contributed by atoms with E-state index >= 15 is 0 Å². The van der Waals surface area contributed by atoms with E-state index in [2.05, 4.69) is 21.6 Å². The zero-order valence-corrected chi connectivity index (χ0v) is 15.4. The minimum absolute atomic E-state index is 0.0368. The van der Waals surface area contributed by atoms with E-state index in [9.17, 15) is 8.42 Å². The van der Waals surface area contributed by atoms with Gasteiger partial charge in [-0.2, -0.15) is 0 Å². The first-order valence-electron chi connectivity index (χ1n) is 8.56. The maximum atomic E-state index is 12.0. The Morgan fingerprint density at radius 1 is 1.43 bits per heavy atom. The van der Waals surface area contributed by atoms with Crippen molar-refractivity contribution in [3.8, 4) is 0 Å². The van der Waals surface area contributed by atoms with Crippen LogP contribution in [-0.4, -0.2) is 58.3 Å². The van der Waals surface area contributed by atoms with E-state index in [1.54, 1.807) is 0 Å². The smallest absolute Gasteiger partial charge is 0.213 e. The number of nitrogens with one attached hydrogen (secondary N) is 2. The zero-order chi connectivity index (χ0) is 17.1. The fourth-order valence-corrected chi connectivity index (χ4v) is 3.30. The molecular formula is C16H32N4O2S. The first-order chi connectivity index (χ1) is 11.0. The Morgan fingerprint density at radius 2 is 2.17 bits per heavy atom. The lowest BCUT2D eigenvalue weighted by atomic mass is 9.86. The van der Waals surface area contributed by atoms with Gasteiger partial charge in [0.25, 0.3) is 0 Å². The lowest BCUT2D eigenvalue weighted by Crippen LogP contribution is -2.40. The molecule has 23 heavy (non-hydrogen) atoms. The maximum Gasteiger partial charge on any atom is 0.213 e. The molecule has 0 unspecified atom stereocenters. The van der Waals surface area contributed by atoms with Crippen LogP contribution < -0.4 is 10.0 Å². The first kappa shape index (κ1) is 20.0. The monoisotopic (exact) mass is 344 g/mol. The van der Waals surface area contributed by atoms with E-state index in [1.165, 1.54) is 6.42 Å². The molecule has 0 radical (unpaired) electrons. The van der Waals surface area contributed by atoms with E-state index in [-0.39, 0.29) is 12.3 Å². The summed E-state index contributed by atoms with van der Waals surface area (Å²) in [6.45, 7) is 8.20. The van der Waals surface area contributed by atoms with Gasteiger partial charge in [-0.1, -0.05) is 12.5 Å². The van der Waals surface area contributed by atoms with Crippen molar-refractivity contribution in [1.29, 1.82) is 0 Å². The molecule has 1 aliphatic rings. The van der Waals surface area contributed by atoms with Crippen LogP contribution in [-0.2, 0) is 10.0 Å². The highest BCUT2D eigenvalue weighted by atomic mass is 32.2. The third kappa shape index (κ3) is 8.37. The Balaban J connectivity index is 2.40. The number of unbranched alkanes of at least 4 members (excludes halogenated alkanes) is 1. The molecule has 0 aliphatic heterocycles. The molecule has 0 bridgehead atoms. The van der Waals surface area contributed by atoms with E-state index in [4.69, 9.17) is 0 Å². The number of aliphatic imine (C=N–C) groups is 1. The van der Waals surface area contributed by atoms with Crippen LogP contribution in [0.1, 0.15) is 39.0 Å². The molecule has 0 atom stereocenters. The summed E-state index contributed by atoms with van der Waals surface area (Å²) >= 11 is 0. The Morgan fingerprint density at radius 3 is 2.74 bits per heavy atom. The minimum Gasteiger partial charge on any atom is -0.357 e. The zero-order valence-electron chi connectivity index (χ0n) is 14.6. The van der Waals surface area contributed by atoms with E-state index in [0.29, 0.717) is 12.5 Å². The summed E-state index contributed by atoms with van der Waals surface area (Å²) in [5.41, 5.74) is 0. The van der Waals surface area contributed by atoms with Crippen molar-refractivity contribution in [3.63, 3.8) is 0 Å². The molecule has 1 rings (SSSR count). The minimum atomic E-state index is -3.23. The maximum absolute atomic E-state index is 12.0. The molecule has 6 nitrogen and oxygen atoms in total. The fraction of sp³-hybridized carbons (Fsp3) is 0.812. The van der Waals surface area contributed by atoms with Crippen molar-refractivity contribution in [2.45, 2.75) is 39.0 Å². The molecule has 0 amide bonds. The summed E-state index contributed by atoms with van der Waals surface area (Å²) in [6, 6.07) is 0. The summed E-state index contributed by atoms with van der Waals surface area (Å²) in [7, 11) is -1.26. The van der Waals surface area contributed by atoms with Crippen LogP contribution >= 0.6 is 0 Å². The van der Waals surface area contributed by atoms with Crippen LogP contribution in [0.3, 0.4) is 0 Å². The predicted molar refractivity (Wildman–Crippen MR) is 97.2 cm³/mol. The molecule has 0 spiro atoms. The van der Waals surface area contributed by atoms with Gasteiger partial charge in [-0.15, -0.1) is 6.58 Å². The summed E-state index contributed by atoms with van der Waals surface area (Å²) in [5.74, 6) is 1.32. The van der Waals surface area contributed by atoms with Crippen LogP contribution in [0.5, 0.6) is 0 Å². The van der Waals surface area contributed by atoms with Gasteiger partial charge in [0.2, 0.25) is 10.0 Å². The second kappa shape index (κ2) is 10.6. The van der Waals surface area contributed by atoms with Gasteiger partial charge >= 0.3 is 0 Å². The lowest BCUT2D eigenvalue weighted by molar-refractivity contribution is 0.316. The molecule has 0 aromatic rings. The highest BCUT2D eigenvalue weighted by Gasteiger charge is 2.20. The number of hydrogen-bond donors (Lipinski definition) is 2. The van der Waals surface area contributed by atoms with Crippen LogP contribution in [0.15, 0.2) is 17.6 Å². The standard InChI is InChI=1S/C16H32N4O2S/c1-4-6-7-12-20(3)16(17-5-2)18-11-13-23(21,22)19-14-15-9-8-10-15/h4,15,19H,1,5-14H2,2-3H3,(H,17,18). The summed E-state index contributed by atoms with van der Waals surface area (Å²) in [4.78, 5) is 6.45. The fourth-order valence-electron chi connectivity index (χ4n) is 2.33. The van der Waals surface area contributed by atoms with Crippen LogP contribution in [0, 0.1) is 5.92 Å². The molecule has 2 N–H and O–H groups in total. The highest BCUT2D eigenvalue weighted by molar-refractivity contribution is 7.89. The molecule has 1 fully saturated rings. The molecule has 134 valence electrons. The topological polar surface area (TPSA) is 73.8 Å². The number of allylic oxidation sites excluding steroid dienone is 1. The first-order valence-corrected chi connectivity index (χ1v) is 10.2. The summed E-state index contributed by atoms with van der Waals surface area (Å²) < 4.78 is 26.6. The second-order valence-electron chi connectivity index (χ2n) is 6.05. The van der Waals surface area contributed by atoms with Crippen molar-refractivity contribution in [2.75, 3.05) is 39.0 Å². The Kier molecular flexibility index (Phi) is 9.24. The number of rotatable bonds is 11. The van der Waals surface area contributed by atoms with Gasteiger partial charge in [-0.3, -0.25) is 4.99 Å². The summed E-state index contributed by atoms with van der Waals surface area (Å²) in [5, 5.41) is 3.20. The molecule has 0 saturated heterocycles. The van der Waals surface area contributed by atoms with Crippen molar-refractivity contribution < 1.29 is 8.42 Å². The number of hydrogen-bond acceptors (Lipinski definition) is 3. The van der Waals surface area contributed by atoms with Gasteiger partial charge in [-0.25, -0.2) is 13.1 Å². The number of sulfonamides is 1. The number of guanidine groups is 1. The average Bonchev–Trinajstić information content (AvgIpc) is 2.44. The number of nitrogens with zero attached hydrogens (tertiary/aromatic N) is 2. The van der Waals surface area contributed by atoms with Crippen LogP contribution in [0.25, 0.3) is 0 Å². The van der Waals surface area contributed by atoms with Crippen molar-refractivity contribution in [2.24, 2.45) is 10.9 Å². The van der Waals surface area contributed by atoms with Gasteiger partial charge in [0.05, 0.1) is 12.3 Å². The van der Waals surface area contributed by atoms with Gasteiger partial charge in [-0.05, 0) is 38.5 Å². The molecule has 0 aromatic heterocycles. The van der Waals surface area contributed by atoms with Crippen LogP contribution in [0.4, 0.5) is 0 Å². The molecule has 1 aliphatic carbocycles. The largest absolute Gasteiger partial charge is 0.357 e. The van der Waals surface area contributed by atoms with Gasteiger partial charge in [0.15, 0.2) is 5.96 Å². The van der Waals surface area contributed by atoms with Gasteiger partial charge in [0.1, 0.15) is 0 Å². The van der Waals surface area contributed by atoms with E-state index in [1.807, 2.05) is 24.9 Å². The van der Waals surface area contributed by atoms with Gasteiger partial charge < -0.3 is 10.2 Å². The lowest BCUT2D eigenvalue weighted by Gasteiger charge is -2.25. The molecule has 0 aromatic carbocycles. The molecular weight excluding hydrogens is 312 g/mol. The predicted octanol–water partition coefficient (Wildman–Crippen LogP) is 1.57. The van der Waals surface area contributed by atoms with Crippen molar-refractivity contribution >= 4 is 16.0 Å². The Labute approximate surface area is 141 Å². The molecule has 1 saturated carbocycles. The quantitative estimate of drug-likeness (QED) is 0.258. The van der Waals surface area contributed by atoms with Crippen LogP contribution in [0.2, 0.25) is 0 Å².